The quantitative estimate of drug-likeness (QED) is 0.825. The average Bonchev–Trinajstić information content (AvgIpc) is 2.89. The van der Waals surface area contributed by atoms with Crippen LogP contribution in [0.5, 0.6) is 5.75 Å². The Morgan fingerprint density at radius 3 is 2.46 bits per heavy atom. The van der Waals surface area contributed by atoms with Crippen molar-refractivity contribution in [1.82, 2.24) is 10.1 Å². The van der Waals surface area contributed by atoms with Gasteiger partial charge in [0.2, 0.25) is 5.91 Å². The smallest absolute Gasteiger partial charge is 0.222 e. The van der Waals surface area contributed by atoms with Crippen LogP contribution in [0.2, 0.25) is 0 Å². The number of amides is 1. The second-order valence-corrected chi connectivity index (χ2v) is 7.61. The summed E-state index contributed by atoms with van der Waals surface area (Å²) in [5.41, 5.74) is 3.48. The Bertz CT molecular complexity index is 779. The molecule has 4 rings (SSSR count). The number of aryl methyl sites for hydroxylation is 2. The van der Waals surface area contributed by atoms with Crippen molar-refractivity contribution in [3.63, 3.8) is 0 Å². The molecule has 1 aromatic carbocycles. The maximum atomic E-state index is 12.4. The zero-order valence-electron chi connectivity index (χ0n) is 15.6. The van der Waals surface area contributed by atoms with E-state index in [1.54, 1.807) is 7.11 Å². The Hall–Kier alpha value is -2.50. The summed E-state index contributed by atoms with van der Waals surface area (Å²) in [5.74, 6) is 1.94. The van der Waals surface area contributed by atoms with Gasteiger partial charge < -0.3 is 19.1 Å². The lowest BCUT2D eigenvalue weighted by atomic mass is 9.72. The Kier molecular flexibility index (Phi) is 4.13. The van der Waals surface area contributed by atoms with E-state index in [4.69, 9.17) is 9.26 Å². The van der Waals surface area contributed by atoms with Crippen LogP contribution in [-0.4, -0.2) is 49.3 Å². The van der Waals surface area contributed by atoms with Crippen molar-refractivity contribution < 1.29 is 14.1 Å². The molecule has 0 unspecified atom stereocenters. The summed E-state index contributed by atoms with van der Waals surface area (Å²) < 4.78 is 10.4. The number of nitrogens with zero attached hydrogens (tertiary/aromatic N) is 3. The molecule has 1 amide bonds. The SMILES string of the molecule is COc1ccc(N2CC3(CN(C(=O)CCc4c(C)noc4C)C3)C2)cc1. The first-order valence-electron chi connectivity index (χ1n) is 9.08. The number of hydrogen-bond donors (Lipinski definition) is 0. The zero-order valence-corrected chi connectivity index (χ0v) is 15.6. The van der Waals surface area contributed by atoms with E-state index in [9.17, 15) is 4.79 Å². The van der Waals surface area contributed by atoms with E-state index in [-0.39, 0.29) is 5.91 Å². The highest BCUT2D eigenvalue weighted by Crippen LogP contribution is 2.42. The number of rotatable bonds is 5. The Labute approximate surface area is 153 Å². The molecule has 0 radical (unpaired) electrons. The summed E-state index contributed by atoms with van der Waals surface area (Å²) in [6.45, 7) is 7.62. The van der Waals surface area contributed by atoms with E-state index in [1.165, 1.54) is 5.69 Å². The van der Waals surface area contributed by atoms with Crippen molar-refractivity contribution in [3.8, 4) is 5.75 Å². The molecule has 3 heterocycles. The lowest BCUT2D eigenvalue weighted by molar-refractivity contribution is -0.145. The standard InChI is InChI=1S/C20H25N3O3/c1-14-18(15(2)26-21-14)8-9-19(24)23-12-20(13-23)10-22(11-20)16-4-6-17(25-3)7-5-16/h4-7H,8-13H2,1-3H3. The van der Waals surface area contributed by atoms with E-state index in [2.05, 4.69) is 22.2 Å². The molecular weight excluding hydrogens is 330 g/mol. The van der Waals surface area contributed by atoms with Gasteiger partial charge in [0, 0.05) is 49.3 Å². The van der Waals surface area contributed by atoms with Gasteiger partial charge in [-0.2, -0.15) is 0 Å². The molecule has 1 spiro atoms. The van der Waals surface area contributed by atoms with Crippen LogP contribution in [-0.2, 0) is 11.2 Å². The van der Waals surface area contributed by atoms with Gasteiger partial charge in [0.05, 0.1) is 12.8 Å². The molecule has 2 aromatic rings. The number of benzene rings is 1. The monoisotopic (exact) mass is 355 g/mol. The second-order valence-electron chi connectivity index (χ2n) is 7.61. The molecule has 2 saturated heterocycles. The lowest BCUT2D eigenvalue weighted by Crippen LogP contribution is -2.73. The first kappa shape index (κ1) is 16.9. The largest absolute Gasteiger partial charge is 0.497 e. The van der Waals surface area contributed by atoms with Crippen molar-refractivity contribution in [1.29, 1.82) is 0 Å². The zero-order chi connectivity index (χ0) is 18.3. The number of methoxy groups -OCH3 is 1. The fraction of sp³-hybridized carbons (Fsp3) is 0.500. The third kappa shape index (κ3) is 2.93. The molecular formula is C20H25N3O3. The van der Waals surface area contributed by atoms with Crippen LogP contribution in [0.4, 0.5) is 5.69 Å². The fourth-order valence-corrected chi connectivity index (χ4v) is 4.13. The highest BCUT2D eigenvalue weighted by molar-refractivity contribution is 5.78. The molecule has 0 aliphatic carbocycles. The molecule has 0 N–H and O–H groups in total. The van der Waals surface area contributed by atoms with E-state index >= 15 is 0 Å². The number of carbonyl (C=O) groups is 1. The van der Waals surface area contributed by atoms with Gasteiger partial charge in [-0.3, -0.25) is 4.79 Å². The van der Waals surface area contributed by atoms with Gasteiger partial charge in [-0.25, -0.2) is 0 Å². The van der Waals surface area contributed by atoms with Crippen molar-refractivity contribution in [2.45, 2.75) is 26.7 Å². The van der Waals surface area contributed by atoms with Crippen molar-refractivity contribution >= 4 is 11.6 Å². The molecule has 1 aromatic heterocycles. The minimum atomic E-state index is 0.235. The van der Waals surface area contributed by atoms with E-state index in [1.807, 2.05) is 30.9 Å². The molecule has 0 saturated carbocycles. The summed E-state index contributed by atoms with van der Waals surface area (Å²) in [6, 6.07) is 8.17. The number of carbonyl (C=O) groups excluding carboxylic acids is 1. The van der Waals surface area contributed by atoms with Gasteiger partial charge in [-0.15, -0.1) is 0 Å². The normalized spacial score (nSPS) is 17.8. The van der Waals surface area contributed by atoms with Crippen molar-refractivity contribution in [3.05, 3.63) is 41.3 Å². The van der Waals surface area contributed by atoms with E-state index in [0.717, 1.165) is 48.9 Å². The molecule has 6 nitrogen and oxygen atoms in total. The van der Waals surface area contributed by atoms with Crippen LogP contribution in [0.15, 0.2) is 28.8 Å². The van der Waals surface area contributed by atoms with E-state index < -0.39 is 0 Å². The first-order chi connectivity index (χ1) is 12.5. The first-order valence-corrected chi connectivity index (χ1v) is 9.08. The Morgan fingerprint density at radius 2 is 1.88 bits per heavy atom. The molecule has 0 atom stereocenters. The van der Waals surface area contributed by atoms with Crippen LogP contribution in [0, 0.1) is 19.3 Å². The number of anilines is 1. The van der Waals surface area contributed by atoms with Crippen LogP contribution in [0.3, 0.4) is 0 Å². The summed E-state index contributed by atoms with van der Waals surface area (Å²) in [5, 5.41) is 3.95. The highest BCUT2D eigenvalue weighted by atomic mass is 16.5. The third-order valence-corrected chi connectivity index (χ3v) is 5.67. The second kappa shape index (κ2) is 6.34. The Morgan fingerprint density at radius 1 is 1.19 bits per heavy atom. The average molecular weight is 355 g/mol. The van der Waals surface area contributed by atoms with Gasteiger partial charge in [0.1, 0.15) is 11.5 Å². The van der Waals surface area contributed by atoms with Gasteiger partial charge in [0.25, 0.3) is 0 Å². The summed E-state index contributed by atoms with van der Waals surface area (Å²) in [6.07, 6.45) is 1.24. The van der Waals surface area contributed by atoms with Crippen LogP contribution in [0.1, 0.15) is 23.4 Å². The number of aromatic nitrogens is 1. The highest BCUT2D eigenvalue weighted by Gasteiger charge is 2.52. The predicted octanol–water partition coefficient (Wildman–Crippen LogP) is 2.58. The van der Waals surface area contributed by atoms with E-state index in [0.29, 0.717) is 18.3 Å². The van der Waals surface area contributed by atoms with Crippen LogP contribution in [0.25, 0.3) is 0 Å². The fourth-order valence-electron chi connectivity index (χ4n) is 4.13. The number of ether oxygens (including phenoxy) is 1. The van der Waals surface area contributed by atoms with Crippen molar-refractivity contribution in [2.75, 3.05) is 38.2 Å². The predicted molar refractivity (Wildman–Crippen MR) is 98.5 cm³/mol. The Balaban J connectivity index is 1.25. The molecule has 2 fully saturated rings. The number of hydrogen-bond acceptors (Lipinski definition) is 5. The maximum Gasteiger partial charge on any atom is 0.222 e. The molecule has 26 heavy (non-hydrogen) atoms. The third-order valence-electron chi connectivity index (χ3n) is 5.67. The summed E-state index contributed by atoms with van der Waals surface area (Å²) >= 11 is 0. The maximum absolute atomic E-state index is 12.4. The number of likely N-dealkylation sites (tertiary alicyclic amines) is 1. The minimum Gasteiger partial charge on any atom is -0.497 e. The molecule has 6 heteroatoms. The molecule has 0 bridgehead atoms. The molecule has 2 aliphatic heterocycles. The topological polar surface area (TPSA) is 58.8 Å². The van der Waals surface area contributed by atoms with Gasteiger partial charge in [-0.05, 0) is 44.5 Å². The summed E-state index contributed by atoms with van der Waals surface area (Å²) in [7, 11) is 1.68. The molecule has 2 aliphatic rings. The van der Waals surface area contributed by atoms with Crippen molar-refractivity contribution in [2.24, 2.45) is 5.41 Å². The minimum absolute atomic E-state index is 0.235. The molecule has 138 valence electrons. The van der Waals surface area contributed by atoms with Gasteiger partial charge >= 0.3 is 0 Å². The van der Waals surface area contributed by atoms with Crippen LogP contribution >= 0.6 is 0 Å². The summed E-state index contributed by atoms with van der Waals surface area (Å²) in [4.78, 5) is 16.8. The van der Waals surface area contributed by atoms with Crippen LogP contribution < -0.4 is 9.64 Å². The lowest BCUT2D eigenvalue weighted by Gasteiger charge is -2.61. The van der Waals surface area contributed by atoms with Gasteiger partial charge in [0.15, 0.2) is 0 Å². The van der Waals surface area contributed by atoms with Gasteiger partial charge in [-0.1, -0.05) is 5.16 Å².